The second kappa shape index (κ2) is 8.22. The van der Waals surface area contributed by atoms with Crippen molar-refractivity contribution in [3.8, 4) is 0 Å². The van der Waals surface area contributed by atoms with Gasteiger partial charge in [0.05, 0.1) is 23.4 Å². The van der Waals surface area contributed by atoms with Gasteiger partial charge < -0.3 is 4.74 Å². The maximum atomic E-state index is 13.5. The number of hydrogen-bond donors (Lipinski definition) is 0. The molecule has 3 atom stereocenters. The van der Waals surface area contributed by atoms with Crippen LogP contribution < -0.4 is 4.90 Å². The molecule has 0 saturated carbocycles. The summed E-state index contributed by atoms with van der Waals surface area (Å²) in [5.41, 5.74) is 3.15. The third-order valence-electron chi connectivity index (χ3n) is 6.22. The fourth-order valence-electron chi connectivity index (χ4n) is 4.70. The van der Waals surface area contributed by atoms with E-state index in [4.69, 9.17) is 4.74 Å². The van der Waals surface area contributed by atoms with Crippen molar-refractivity contribution in [1.82, 2.24) is 10.0 Å². The van der Waals surface area contributed by atoms with E-state index in [0.29, 0.717) is 17.7 Å². The van der Waals surface area contributed by atoms with E-state index >= 15 is 0 Å². The van der Waals surface area contributed by atoms with Crippen molar-refractivity contribution in [1.29, 1.82) is 0 Å². The number of benzene rings is 3. The van der Waals surface area contributed by atoms with Gasteiger partial charge in [0.1, 0.15) is 0 Å². The third-order valence-corrected chi connectivity index (χ3v) is 6.22. The van der Waals surface area contributed by atoms with Gasteiger partial charge in [0.2, 0.25) is 12.3 Å². The molecule has 162 valence electrons. The van der Waals surface area contributed by atoms with Crippen molar-refractivity contribution < 1.29 is 14.3 Å². The molecule has 2 aliphatic rings. The second-order valence-electron chi connectivity index (χ2n) is 8.14. The highest BCUT2D eigenvalue weighted by Gasteiger charge is 2.48. The minimum Gasteiger partial charge on any atom is -0.335 e. The minimum atomic E-state index is -0.769. The Hall–Kier alpha value is -3.48. The molecule has 5 rings (SSSR count). The molecule has 0 unspecified atom stereocenters. The molecule has 2 aliphatic heterocycles. The van der Waals surface area contributed by atoms with E-state index in [-0.39, 0.29) is 24.0 Å². The van der Waals surface area contributed by atoms with E-state index in [9.17, 15) is 9.59 Å². The first-order valence-electron chi connectivity index (χ1n) is 10.8. The number of carbonyl (C=O) groups excluding carboxylic acids is 2. The first-order valence-corrected chi connectivity index (χ1v) is 10.8. The lowest BCUT2D eigenvalue weighted by Gasteiger charge is -2.49. The van der Waals surface area contributed by atoms with E-state index in [1.807, 2.05) is 65.7 Å². The molecule has 0 aliphatic carbocycles. The average Bonchev–Trinajstić information content (AvgIpc) is 2.93. The highest BCUT2D eigenvalue weighted by Crippen LogP contribution is 2.45. The summed E-state index contributed by atoms with van der Waals surface area (Å²) in [7, 11) is 1.75. The lowest BCUT2D eigenvalue weighted by molar-refractivity contribution is -0.225. The molecule has 0 aromatic heterocycles. The predicted octanol–water partition coefficient (Wildman–Crippen LogP) is 4.53. The number of anilines is 1. The van der Waals surface area contributed by atoms with E-state index in [2.05, 4.69) is 12.1 Å². The highest BCUT2D eigenvalue weighted by molar-refractivity contribution is 6.05. The SMILES string of the molecule is CC(=O)N1c2ccccc2C(=O)N(C)N2[C@@H]1O[C@@H](c1ccccc1)C[C@H]2c1ccccc1. The van der Waals surface area contributed by atoms with Gasteiger partial charge in [-0.25, -0.2) is 0 Å². The average molecular weight is 428 g/mol. The van der Waals surface area contributed by atoms with Gasteiger partial charge in [0.15, 0.2) is 0 Å². The Morgan fingerprint density at radius 1 is 0.875 bits per heavy atom. The van der Waals surface area contributed by atoms with Gasteiger partial charge in [-0.3, -0.25) is 19.5 Å². The molecule has 6 heteroatoms. The summed E-state index contributed by atoms with van der Waals surface area (Å²) >= 11 is 0. The Bertz CT molecular complexity index is 1140. The van der Waals surface area contributed by atoms with Crippen LogP contribution in [0.3, 0.4) is 0 Å². The lowest BCUT2D eigenvalue weighted by Crippen LogP contribution is -2.60. The zero-order valence-corrected chi connectivity index (χ0v) is 18.1. The summed E-state index contributed by atoms with van der Waals surface area (Å²) in [6, 6.07) is 27.2. The van der Waals surface area contributed by atoms with Gasteiger partial charge >= 0.3 is 0 Å². The molecule has 3 aromatic rings. The Balaban J connectivity index is 1.69. The normalized spacial score (nSPS) is 23.3. The number of nitrogens with zero attached hydrogens (tertiary/aromatic N) is 3. The van der Waals surface area contributed by atoms with Gasteiger partial charge in [0, 0.05) is 14.0 Å². The molecular weight excluding hydrogens is 402 g/mol. The molecule has 1 saturated heterocycles. The van der Waals surface area contributed by atoms with Crippen molar-refractivity contribution in [3.05, 3.63) is 102 Å². The molecule has 6 nitrogen and oxygen atoms in total. The van der Waals surface area contributed by atoms with Crippen molar-refractivity contribution in [2.75, 3.05) is 11.9 Å². The number of carbonyl (C=O) groups is 2. The maximum absolute atomic E-state index is 13.5. The van der Waals surface area contributed by atoms with Crippen LogP contribution in [0, 0.1) is 0 Å². The van der Waals surface area contributed by atoms with Gasteiger partial charge in [-0.2, -0.15) is 5.01 Å². The smallest absolute Gasteiger partial charge is 0.270 e. The van der Waals surface area contributed by atoms with Crippen LogP contribution in [0.1, 0.15) is 47.0 Å². The van der Waals surface area contributed by atoms with Crippen LogP contribution in [0.25, 0.3) is 0 Å². The van der Waals surface area contributed by atoms with Gasteiger partial charge in [-0.15, -0.1) is 0 Å². The number of ether oxygens (including phenoxy) is 1. The molecular formula is C26H25N3O3. The van der Waals surface area contributed by atoms with E-state index in [1.165, 1.54) is 6.92 Å². The van der Waals surface area contributed by atoms with Crippen molar-refractivity contribution in [2.24, 2.45) is 0 Å². The number of rotatable bonds is 2. The fraction of sp³-hybridized carbons (Fsp3) is 0.231. The number of amides is 2. The Labute approximate surface area is 187 Å². The molecule has 2 amide bonds. The first kappa shape index (κ1) is 20.4. The standard InChI is InChI=1S/C26H25N3O3/c1-18(30)28-22-16-10-9-15-21(22)25(31)27(2)29-23(19-11-5-3-6-12-19)17-24(32-26(28)29)20-13-7-4-8-14-20/h3-16,23-24,26H,17H2,1-2H3/t23-,24+,26+/m0/s1. The van der Waals surface area contributed by atoms with Crippen LogP contribution in [0.5, 0.6) is 0 Å². The second-order valence-corrected chi connectivity index (χ2v) is 8.14. The molecule has 3 aromatic carbocycles. The largest absolute Gasteiger partial charge is 0.335 e. The van der Waals surface area contributed by atoms with E-state index in [0.717, 1.165) is 11.1 Å². The number of hydrazine groups is 1. The van der Waals surface area contributed by atoms with Crippen LogP contribution in [0.2, 0.25) is 0 Å². The van der Waals surface area contributed by atoms with Crippen LogP contribution in [-0.2, 0) is 9.53 Å². The first-order chi connectivity index (χ1) is 15.6. The van der Waals surface area contributed by atoms with E-state index in [1.54, 1.807) is 29.1 Å². The van der Waals surface area contributed by atoms with Crippen molar-refractivity contribution in [2.45, 2.75) is 31.8 Å². The lowest BCUT2D eigenvalue weighted by atomic mass is 9.94. The molecule has 0 N–H and O–H groups in total. The number of fused-ring (bicyclic) bond motifs is 2. The van der Waals surface area contributed by atoms with Crippen molar-refractivity contribution >= 4 is 17.5 Å². The topological polar surface area (TPSA) is 53.1 Å². The predicted molar refractivity (Wildman–Crippen MR) is 121 cm³/mol. The minimum absolute atomic E-state index is 0.162. The molecule has 32 heavy (non-hydrogen) atoms. The Kier molecular flexibility index (Phi) is 5.25. The van der Waals surface area contributed by atoms with Crippen molar-refractivity contribution in [3.63, 3.8) is 0 Å². The van der Waals surface area contributed by atoms with Gasteiger partial charge in [0.25, 0.3) is 5.91 Å². The molecule has 0 radical (unpaired) electrons. The molecule has 0 bridgehead atoms. The summed E-state index contributed by atoms with van der Waals surface area (Å²) in [6.07, 6.45) is -0.364. The zero-order chi connectivity index (χ0) is 22.2. The quantitative estimate of drug-likeness (QED) is 0.603. The fourth-order valence-corrected chi connectivity index (χ4v) is 4.70. The zero-order valence-electron chi connectivity index (χ0n) is 18.1. The number of hydrogen-bond acceptors (Lipinski definition) is 4. The summed E-state index contributed by atoms with van der Waals surface area (Å²) in [5, 5.41) is 3.50. The van der Waals surface area contributed by atoms with Gasteiger partial charge in [-0.05, 0) is 29.7 Å². The number of para-hydroxylation sites is 1. The van der Waals surface area contributed by atoms with Gasteiger partial charge in [-0.1, -0.05) is 72.8 Å². The Morgan fingerprint density at radius 3 is 2.12 bits per heavy atom. The van der Waals surface area contributed by atoms with Crippen LogP contribution in [0.4, 0.5) is 5.69 Å². The summed E-state index contributed by atoms with van der Waals surface area (Å²) in [6.45, 7) is 1.51. The van der Waals surface area contributed by atoms with Crippen LogP contribution in [0.15, 0.2) is 84.9 Å². The molecule has 1 fully saturated rings. The monoisotopic (exact) mass is 427 g/mol. The maximum Gasteiger partial charge on any atom is 0.270 e. The molecule has 2 heterocycles. The van der Waals surface area contributed by atoms with E-state index < -0.39 is 6.35 Å². The summed E-state index contributed by atoms with van der Waals surface area (Å²) in [5.74, 6) is -0.354. The van der Waals surface area contributed by atoms with Crippen LogP contribution in [-0.4, -0.2) is 35.2 Å². The summed E-state index contributed by atoms with van der Waals surface area (Å²) < 4.78 is 6.59. The third kappa shape index (κ3) is 3.38. The molecule has 0 spiro atoms. The summed E-state index contributed by atoms with van der Waals surface area (Å²) in [4.78, 5) is 28.0. The van der Waals surface area contributed by atoms with Crippen LogP contribution >= 0.6 is 0 Å². The highest BCUT2D eigenvalue weighted by atomic mass is 16.5. The Morgan fingerprint density at radius 2 is 1.47 bits per heavy atom.